The Balaban J connectivity index is 0. The molecule has 4 heteroatoms. The molecule has 4 radical (unpaired) electrons. The second-order valence-electron chi connectivity index (χ2n) is 0.247. The molecule has 0 aliphatic carbocycles. The van der Waals surface area contributed by atoms with Crippen LogP contribution in [0.25, 0.3) is 0 Å². The van der Waals surface area contributed by atoms with Crippen LogP contribution in [0.2, 0.25) is 0 Å². The summed E-state index contributed by atoms with van der Waals surface area (Å²) in [6.07, 6.45) is 0. The van der Waals surface area contributed by atoms with Crippen molar-refractivity contribution in [2.24, 2.45) is 0 Å². The minimum absolute atomic E-state index is 0. The smallest absolute Gasteiger partial charge is 0 e. The topological polar surface area (TPSA) is 47.6 Å². The first kappa shape index (κ1) is 9.65. The molecule has 0 aliphatic heterocycles. The largest absolute Gasteiger partial charge is 0 e. The Labute approximate surface area is 62.5 Å². The van der Waals surface area contributed by atoms with Crippen LogP contribution in [-0.4, -0.2) is 27.3 Å². The standard InChI is InChI=1S/2CN.Fe.Pb/c2*1-2;;. The summed E-state index contributed by atoms with van der Waals surface area (Å²) in [4.78, 5) is 3.31. The van der Waals surface area contributed by atoms with Gasteiger partial charge in [0.25, 0.3) is 0 Å². The molecule has 0 aromatic heterocycles. The number of nitriles is 2. The van der Waals surface area contributed by atoms with Crippen molar-refractivity contribution in [1.82, 2.24) is 0 Å². The van der Waals surface area contributed by atoms with Gasteiger partial charge in [-0.3, -0.25) is 0 Å². The van der Waals surface area contributed by atoms with Gasteiger partial charge in [-0.2, -0.15) is 0 Å². The molecule has 0 spiro atoms. The molecular weight excluding hydrogens is 315 g/mol. The van der Waals surface area contributed by atoms with Crippen LogP contribution in [0.3, 0.4) is 0 Å². The van der Waals surface area contributed by atoms with E-state index < -0.39 is 0 Å². The minimum atomic E-state index is 0. The summed E-state index contributed by atoms with van der Waals surface area (Å²) < 4.78 is 0. The monoisotopic (exact) mass is 316 g/mol. The average Bonchev–Trinajstić information content (AvgIpc) is 1.41. The van der Waals surface area contributed by atoms with Gasteiger partial charge in [-0.1, -0.05) is 0 Å². The molecule has 0 aromatic carbocycles. The molecule has 0 unspecified atom stereocenters. The van der Waals surface area contributed by atoms with Crippen LogP contribution < -0.4 is 0 Å². The van der Waals surface area contributed by atoms with Crippen LogP contribution in [0.1, 0.15) is 0 Å². The van der Waals surface area contributed by atoms with E-state index in [-0.39, 0.29) is 42.3 Å². The van der Waals surface area contributed by atoms with E-state index in [0.717, 1.165) is 0 Å². The first-order valence-electron chi connectivity index (χ1n) is 0.801. The second-order valence-corrected chi connectivity index (χ2v) is 1.02. The Morgan fingerprint density at radius 2 is 1.50 bits per heavy atom. The maximum Gasteiger partial charge on any atom is 0 e. The van der Waals surface area contributed by atoms with Crippen LogP contribution in [-0.2, 0) is 15.0 Å². The van der Waals surface area contributed by atoms with Crippen molar-refractivity contribution >= 4 is 27.3 Å². The fraction of sp³-hybridized carbons (Fsp3) is 0. The molecule has 2 nitrogen and oxygen atoms in total. The number of hydrogen-bond acceptors (Lipinski definition) is 2. The van der Waals surface area contributed by atoms with E-state index in [1.54, 1.807) is 9.94 Å². The van der Waals surface area contributed by atoms with Crippen LogP contribution in [0, 0.1) is 20.5 Å². The predicted octanol–water partition coefficient (Wildman–Crippen LogP) is -0.350. The summed E-state index contributed by atoms with van der Waals surface area (Å²) in [5, 5.41) is 15.2. The third-order valence-electron chi connectivity index (χ3n) is 0.0791. The van der Waals surface area contributed by atoms with E-state index in [2.05, 4.69) is 0 Å². The Morgan fingerprint density at radius 1 is 1.17 bits per heavy atom. The Morgan fingerprint density at radius 3 is 1.50 bits per heavy atom. The zero-order chi connectivity index (χ0) is 4.12. The van der Waals surface area contributed by atoms with Crippen LogP contribution in [0.4, 0.5) is 0 Å². The molecule has 0 saturated carbocycles. The van der Waals surface area contributed by atoms with Gasteiger partial charge in [0.15, 0.2) is 0 Å². The van der Waals surface area contributed by atoms with E-state index in [9.17, 15) is 0 Å². The molecule has 0 bridgehead atoms. The molecule has 0 N–H and O–H groups in total. The normalized spacial score (nSPS) is 4.33. The van der Waals surface area contributed by atoms with Crippen molar-refractivity contribution in [3.63, 3.8) is 0 Å². The second kappa shape index (κ2) is 9.05. The SMILES string of the molecule is N#[C][Fe][C]#N.[Pb]. The van der Waals surface area contributed by atoms with E-state index in [0.29, 0.717) is 0 Å². The van der Waals surface area contributed by atoms with Gasteiger partial charge >= 0.3 is 35.4 Å². The zero-order valence-electron chi connectivity index (χ0n) is 2.75. The van der Waals surface area contributed by atoms with Gasteiger partial charge in [0.1, 0.15) is 0 Å². The van der Waals surface area contributed by atoms with Crippen molar-refractivity contribution in [3.8, 4) is 9.94 Å². The van der Waals surface area contributed by atoms with Gasteiger partial charge in [-0.05, 0) is 0 Å². The summed E-state index contributed by atoms with van der Waals surface area (Å²) in [6, 6.07) is 0. The zero-order valence-corrected chi connectivity index (χ0v) is 7.74. The van der Waals surface area contributed by atoms with Gasteiger partial charge < -0.3 is 0 Å². The molecule has 0 heterocycles. The molecule has 0 fully saturated rings. The molecular formula is C2FeN2Pb. The third-order valence-corrected chi connectivity index (χ3v) is 0.326. The third kappa shape index (κ3) is 8.83. The van der Waals surface area contributed by atoms with Crippen molar-refractivity contribution in [1.29, 1.82) is 10.5 Å². The van der Waals surface area contributed by atoms with Gasteiger partial charge in [0.05, 0.1) is 0 Å². The summed E-state index contributed by atoms with van der Waals surface area (Å²) >= 11 is 0. The summed E-state index contributed by atoms with van der Waals surface area (Å²) in [5.74, 6) is 0. The maximum atomic E-state index is 7.59. The maximum absolute atomic E-state index is 7.59. The molecule has 0 amide bonds. The molecule has 6 heavy (non-hydrogen) atoms. The van der Waals surface area contributed by atoms with Crippen LogP contribution >= 0.6 is 0 Å². The number of rotatable bonds is 0. The van der Waals surface area contributed by atoms with Crippen LogP contribution in [0.5, 0.6) is 0 Å². The summed E-state index contributed by atoms with van der Waals surface area (Å²) in [6.45, 7) is 0. The van der Waals surface area contributed by atoms with E-state index in [1.807, 2.05) is 0 Å². The van der Waals surface area contributed by atoms with Gasteiger partial charge in [0, 0.05) is 27.3 Å². The molecule has 0 aromatic rings. The van der Waals surface area contributed by atoms with Gasteiger partial charge in [0.2, 0.25) is 0 Å². The fourth-order valence-corrected chi connectivity index (χ4v) is 0.0729. The fourth-order valence-electron chi connectivity index (χ4n) is 0.0177. The van der Waals surface area contributed by atoms with Crippen molar-refractivity contribution in [2.75, 3.05) is 0 Å². The van der Waals surface area contributed by atoms with Gasteiger partial charge in [-0.15, -0.1) is 0 Å². The molecule has 0 saturated heterocycles. The Hall–Kier alpha value is 0.422. The van der Waals surface area contributed by atoms with Gasteiger partial charge in [-0.25, -0.2) is 0 Å². The number of nitrogens with zero attached hydrogens (tertiary/aromatic N) is 2. The summed E-state index contributed by atoms with van der Waals surface area (Å²) in [5.41, 5.74) is 0. The Kier molecular flexibility index (Phi) is 14.6. The molecule has 0 atom stereocenters. The quantitative estimate of drug-likeness (QED) is 0.574. The summed E-state index contributed by atoms with van der Waals surface area (Å²) in [7, 11) is 0. The molecule has 0 aliphatic rings. The first-order chi connectivity index (χ1) is 2.41. The van der Waals surface area contributed by atoms with Crippen molar-refractivity contribution in [2.45, 2.75) is 0 Å². The van der Waals surface area contributed by atoms with E-state index >= 15 is 0 Å². The van der Waals surface area contributed by atoms with Crippen LogP contribution in [0.15, 0.2) is 0 Å². The number of hydrogen-bond donors (Lipinski definition) is 0. The average molecular weight is 315 g/mol. The van der Waals surface area contributed by atoms with Crippen molar-refractivity contribution in [3.05, 3.63) is 0 Å². The first-order valence-corrected chi connectivity index (χ1v) is 1.90. The van der Waals surface area contributed by atoms with E-state index in [1.165, 1.54) is 0 Å². The Bertz CT molecular complexity index is 76.7. The van der Waals surface area contributed by atoms with Crippen molar-refractivity contribution < 1.29 is 15.0 Å². The molecule has 30 valence electrons. The predicted molar refractivity (Wildman–Crippen MR) is 17.0 cm³/mol. The van der Waals surface area contributed by atoms with E-state index in [4.69, 9.17) is 10.5 Å². The minimum Gasteiger partial charge on any atom is 0 e. The molecule has 0 rings (SSSR count).